The van der Waals surface area contributed by atoms with Gasteiger partial charge in [0.15, 0.2) is 0 Å². The van der Waals surface area contributed by atoms with E-state index in [9.17, 15) is 18.0 Å². The fraction of sp³-hybridized carbons (Fsp3) is 0.182. The maximum Gasteiger partial charge on any atom is 0.453 e. The van der Waals surface area contributed by atoms with Gasteiger partial charge in [-0.3, -0.25) is 4.79 Å². The second kappa shape index (κ2) is 10.6. The smallest absolute Gasteiger partial charge is 0.453 e. The summed E-state index contributed by atoms with van der Waals surface area (Å²) in [4.78, 5) is 13.2. The number of halogens is 3. The van der Waals surface area contributed by atoms with Crippen LogP contribution in [0.15, 0.2) is 106 Å². The van der Waals surface area contributed by atoms with Crippen LogP contribution in [0.1, 0.15) is 37.7 Å². The highest BCUT2D eigenvalue weighted by molar-refractivity contribution is 5.80. The zero-order valence-corrected chi connectivity index (χ0v) is 22.2. The molecule has 4 aromatic carbocycles. The van der Waals surface area contributed by atoms with Crippen molar-refractivity contribution in [3.8, 4) is 28.4 Å². The van der Waals surface area contributed by atoms with Crippen LogP contribution >= 0.6 is 0 Å². The Hall–Kier alpha value is -4.52. The second-order valence-electron chi connectivity index (χ2n) is 10.5. The van der Waals surface area contributed by atoms with Crippen LogP contribution < -0.4 is 14.9 Å². The molecule has 1 aromatic heterocycles. The molecular weight excluding hydrogens is 517 g/mol. The summed E-state index contributed by atoms with van der Waals surface area (Å²) < 4.78 is 58.4. The molecule has 4 nitrogen and oxygen atoms in total. The molecule has 0 aliphatic heterocycles. The van der Waals surface area contributed by atoms with Crippen LogP contribution in [0, 0.1) is 0 Å². The van der Waals surface area contributed by atoms with Gasteiger partial charge in [0.05, 0.1) is 5.39 Å². The van der Waals surface area contributed by atoms with Gasteiger partial charge in [0.25, 0.3) is 5.76 Å². The molecule has 0 amide bonds. The Bertz CT molecular complexity index is 1680. The van der Waals surface area contributed by atoms with E-state index in [4.69, 9.17) is 13.9 Å². The summed E-state index contributed by atoms with van der Waals surface area (Å²) >= 11 is 0. The van der Waals surface area contributed by atoms with Crippen LogP contribution in [0.5, 0.6) is 17.2 Å². The first-order chi connectivity index (χ1) is 19.0. The van der Waals surface area contributed by atoms with Crippen molar-refractivity contribution in [2.75, 3.05) is 0 Å². The van der Waals surface area contributed by atoms with E-state index in [0.29, 0.717) is 0 Å². The minimum atomic E-state index is -4.96. The standard InChI is InChI=1S/C33H27F3O4/c1-32(2,3)24-13-9-21(10-14-24)20-38-26-17-18-27-28(19-26)40-31(33(34,35)36)30(29(27)37)39-25-15-11-23(12-16-25)22-7-5-4-6-8-22/h4-19H,20H2,1-3H3. The Morgan fingerprint density at radius 1 is 0.750 bits per heavy atom. The van der Waals surface area contributed by atoms with Crippen molar-refractivity contribution in [1.82, 2.24) is 0 Å². The molecular formula is C33H27F3O4. The maximum atomic E-state index is 14.0. The van der Waals surface area contributed by atoms with E-state index in [2.05, 4.69) is 20.8 Å². The highest BCUT2D eigenvalue weighted by atomic mass is 19.4. The van der Waals surface area contributed by atoms with Crippen LogP contribution in [0.2, 0.25) is 0 Å². The summed E-state index contributed by atoms with van der Waals surface area (Å²) in [6.07, 6.45) is -4.96. The summed E-state index contributed by atoms with van der Waals surface area (Å²) in [5.41, 5.74) is 2.71. The first-order valence-corrected chi connectivity index (χ1v) is 12.7. The number of benzene rings is 4. The Balaban J connectivity index is 1.42. The largest absolute Gasteiger partial charge is 0.489 e. The molecule has 5 rings (SSSR count). The first-order valence-electron chi connectivity index (χ1n) is 12.7. The van der Waals surface area contributed by atoms with Gasteiger partial charge in [-0.25, -0.2) is 0 Å². The van der Waals surface area contributed by atoms with Crippen molar-refractivity contribution < 1.29 is 27.1 Å². The maximum absolute atomic E-state index is 14.0. The fourth-order valence-corrected chi connectivity index (χ4v) is 4.26. The van der Waals surface area contributed by atoms with Gasteiger partial charge in [-0.05, 0) is 51.9 Å². The fourth-order valence-electron chi connectivity index (χ4n) is 4.26. The van der Waals surface area contributed by atoms with Gasteiger partial charge in [0, 0.05) is 6.07 Å². The van der Waals surface area contributed by atoms with Gasteiger partial charge in [-0.15, -0.1) is 0 Å². The molecule has 5 aromatic rings. The van der Waals surface area contributed by atoms with E-state index >= 15 is 0 Å². The third-order valence-corrected chi connectivity index (χ3v) is 6.49. The van der Waals surface area contributed by atoms with Gasteiger partial charge in [-0.2, -0.15) is 13.2 Å². The van der Waals surface area contributed by atoms with Crippen molar-refractivity contribution in [2.45, 2.75) is 39.0 Å². The van der Waals surface area contributed by atoms with Crippen LogP contribution in [0.25, 0.3) is 22.1 Å². The molecule has 204 valence electrons. The van der Waals surface area contributed by atoms with Crippen molar-refractivity contribution >= 4 is 11.0 Å². The molecule has 0 saturated carbocycles. The molecule has 0 radical (unpaired) electrons. The lowest BCUT2D eigenvalue weighted by molar-refractivity contribution is -0.154. The molecule has 40 heavy (non-hydrogen) atoms. The SMILES string of the molecule is CC(C)(C)c1ccc(COc2ccc3c(=O)c(Oc4ccc(-c5ccccc5)cc4)c(C(F)(F)F)oc3c2)cc1. The number of ether oxygens (including phenoxy) is 2. The third-order valence-electron chi connectivity index (χ3n) is 6.49. The summed E-state index contributed by atoms with van der Waals surface area (Å²) in [6, 6.07) is 28.0. The van der Waals surface area contributed by atoms with Gasteiger partial charge in [-0.1, -0.05) is 87.5 Å². The third kappa shape index (κ3) is 5.88. The van der Waals surface area contributed by atoms with Crippen molar-refractivity contribution in [3.05, 3.63) is 124 Å². The summed E-state index contributed by atoms with van der Waals surface area (Å²) in [5.74, 6) is -2.07. The Morgan fingerprint density at radius 2 is 1.38 bits per heavy atom. The zero-order valence-electron chi connectivity index (χ0n) is 22.2. The van der Waals surface area contributed by atoms with E-state index in [-0.39, 0.29) is 34.5 Å². The number of rotatable bonds is 6. The molecule has 0 aliphatic carbocycles. The summed E-state index contributed by atoms with van der Waals surface area (Å²) in [7, 11) is 0. The average molecular weight is 545 g/mol. The van der Waals surface area contributed by atoms with Gasteiger partial charge >= 0.3 is 6.18 Å². The van der Waals surface area contributed by atoms with Crippen molar-refractivity contribution in [3.63, 3.8) is 0 Å². The van der Waals surface area contributed by atoms with E-state index in [1.165, 1.54) is 35.9 Å². The molecule has 0 saturated heterocycles. The topological polar surface area (TPSA) is 48.7 Å². The average Bonchev–Trinajstić information content (AvgIpc) is 2.93. The zero-order chi connectivity index (χ0) is 28.5. The van der Waals surface area contributed by atoms with Crippen LogP contribution in [0.3, 0.4) is 0 Å². The van der Waals surface area contributed by atoms with Crippen LogP contribution in [-0.4, -0.2) is 0 Å². The molecule has 0 fully saturated rings. The van der Waals surface area contributed by atoms with Gasteiger partial charge in [0.2, 0.25) is 11.2 Å². The molecule has 7 heteroatoms. The minimum Gasteiger partial charge on any atom is -0.489 e. The molecule has 0 unspecified atom stereocenters. The second-order valence-corrected chi connectivity index (χ2v) is 10.5. The minimum absolute atomic E-state index is 0.0135. The van der Waals surface area contributed by atoms with Gasteiger partial charge in [0.1, 0.15) is 23.7 Å². The normalized spacial score (nSPS) is 11.9. The molecule has 0 spiro atoms. The summed E-state index contributed by atoms with van der Waals surface area (Å²) in [5, 5.41) is -0.0502. The van der Waals surface area contributed by atoms with Gasteiger partial charge < -0.3 is 13.9 Å². The Morgan fingerprint density at radius 3 is 2.00 bits per heavy atom. The van der Waals surface area contributed by atoms with E-state index in [1.807, 2.05) is 54.6 Å². The number of alkyl halides is 3. The lowest BCUT2D eigenvalue weighted by atomic mass is 9.87. The predicted molar refractivity (Wildman–Crippen MR) is 149 cm³/mol. The van der Waals surface area contributed by atoms with Crippen molar-refractivity contribution in [2.24, 2.45) is 0 Å². The van der Waals surface area contributed by atoms with E-state index in [0.717, 1.165) is 16.7 Å². The van der Waals surface area contributed by atoms with Crippen LogP contribution in [-0.2, 0) is 18.2 Å². The Kier molecular flexibility index (Phi) is 7.15. The lowest BCUT2D eigenvalue weighted by Crippen LogP contribution is -2.15. The predicted octanol–water partition coefficient (Wildman–Crippen LogP) is 9.15. The monoisotopic (exact) mass is 544 g/mol. The highest BCUT2D eigenvalue weighted by Gasteiger charge is 2.40. The lowest BCUT2D eigenvalue weighted by Gasteiger charge is -2.19. The van der Waals surface area contributed by atoms with Crippen LogP contribution in [0.4, 0.5) is 13.2 Å². The summed E-state index contributed by atoms with van der Waals surface area (Å²) in [6.45, 7) is 6.56. The number of hydrogen-bond donors (Lipinski definition) is 0. The molecule has 0 aliphatic rings. The number of hydrogen-bond acceptors (Lipinski definition) is 4. The highest BCUT2D eigenvalue weighted by Crippen LogP contribution is 2.39. The first kappa shape index (κ1) is 27.1. The molecule has 0 N–H and O–H groups in total. The van der Waals surface area contributed by atoms with Crippen molar-refractivity contribution in [1.29, 1.82) is 0 Å². The quantitative estimate of drug-likeness (QED) is 0.214. The van der Waals surface area contributed by atoms with E-state index in [1.54, 1.807) is 12.1 Å². The molecule has 1 heterocycles. The van der Waals surface area contributed by atoms with E-state index < -0.39 is 23.1 Å². The number of fused-ring (bicyclic) bond motifs is 1. The Labute approximate surface area is 229 Å². The molecule has 0 bridgehead atoms. The molecule has 0 atom stereocenters.